The Morgan fingerprint density at radius 1 is 0.913 bits per heavy atom. The first-order valence-electron chi connectivity index (χ1n) is 7.12. The molecule has 2 aromatic carbocycles. The maximum absolute atomic E-state index is 12.8. The molecule has 118 valence electrons. The Balaban J connectivity index is 1.93. The summed E-state index contributed by atoms with van der Waals surface area (Å²) in [6.45, 7) is 4.22. The molecule has 0 aromatic heterocycles. The number of carbonyl (C=O) groups excluding carboxylic acids is 2. The van der Waals surface area contributed by atoms with Crippen molar-refractivity contribution in [1.82, 2.24) is 10.6 Å². The van der Waals surface area contributed by atoms with Gasteiger partial charge < -0.3 is 10.6 Å². The van der Waals surface area contributed by atoms with Crippen LogP contribution in [0.25, 0.3) is 0 Å². The van der Waals surface area contributed by atoms with Crippen molar-refractivity contribution in [2.24, 2.45) is 0 Å². The van der Waals surface area contributed by atoms with Crippen LogP contribution >= 0.6 is 0 Å². The van der Waals surface area contributed by atoms with Crippen molar-refractivity contribution >= 4 is 11.8 Å². The van der Waals surface area contributed by atoms with Crippen LogP contribution in [-0.4, -0.2) is 18.4 Å². The summed E-state index contributed by atoms with van der Waals surface area (Å²) in [5.41, 5.74) is 1.73. The lowest BCUT2D eigenvalue weighted by Gasteiger charge is -2.07. The van der Waals surface area contributed by atoms with E-state index in [1.54, 1.807) is 42.5 Å². The summed E-state index contributed by atoms with van der Waals surface area (Å²) in [7, 11) is 0. The smallest absolute Gasteiger partial charge is 0.251 e. The van der Waals surface area contributed by atoms with E-state index in [4.69, 9.17) is 0 Å². The highest BCUT2D eigenvalue weighted by Crippen LogP contribution is 2.06. The highest BCUT2D eigenvalue weighted by molar-refractivity contribution is 5.97. The summed E-state index contributed by atoms with van der Waals surface area (Å²) in [5, 5.41) is 5.40. The van der Waals surface area contributed by atoms with Crippen molar-refractivity contribution in [3.05, 3.63) is 83.7 Å². The normalized spacial score (nSPS) is 9.96. The quantitative estimate of drug-likeness (QED) is 0.806. The van der Waals surface area contributed by atoms with Gasteiger partial charge in [0.15, 0.2) is 0 Å². The molecular weight excluding hydrogens is 295 g/mol. The fourth-order valence-corrected chi connectivity index (χ4v) is 1.93. The Kier molecular flexibility index (Phi) is 5.63. The first-order chi connectivity index (χ1) is 11.1. The van der Waals surface area contributed by atoms with Crippen molar-refractivity contribution in [2.45, 2.75) is 6.54 Å². The third-order valence-electron chi connectivity index (χ3n) is 3.18. The highest BCUT2D eigenvalue weighted by atomic mass is 19.1. The largest absolute Gasteiger partial charge is 0.349 e. The second-order valence-electron chi connectivity index (χ2n) is 4.89. The molecule has 0 radical (unpaired) electrons. The number of rotatable bonds is 6. The number of hydrogen-bond acceptors (Lipinski definition) is 2. The van der Waals surface area contributed by atoms with E-state index in [0.717, 1.165) is 5.56 Å². The van der Waals surface area contributed by atoms with E-state index in [2.05, 4.69) is 17.2 Å². The SMILES string of the molecule is C=CCNC(=O)c1ccc(C(=O)NCc2ccc(F)cc2)cc1. The number of amides is 2. The molecule has 0 unspecified atom stereocenters. The number of nitrogens with one attached hydrogen (secondary N) is 2. The second-order valence-corrected chi connectivity index (χ2v) is 4.89. The standard InChI is InChI=1S/C18H17FN2O2/c1-2-11-20-17(22)14-5-7-15(8-6-14)18(23)21-12-13-3-9-16(19)10-4-13/h2-10H,1,11-12H2,(H,20,22)(H,21,23). The summed E-state index contributed by atoms with van der Waals surface area (Å²) < 4.78 is 12.8. The molecule has 2 amide bonds. The monoisotopic (exact) mass is 312 g/mol. The molecule has 0 saturated heterocycles. The van der Waals surface area contributed by atoms with Crippen molar-refractivity contribution in [3.8, 4) is 0 Å². The van der Waals surface area contributed by atoms with Crippen LogP contribution in [0.4, 0.5) is 4.39 Å². The lowest BCUT2D eigenvalue weighted by atomic mass is 10.1. The van der Waals surface area contributed by atoms with Gasteiger partial charge in [0.2, 0.25) is 0 Å². The molecular formula is C18H17FN2O2. The lowest BCUT2D eigenvalue weighted by molar-refractivity contribution is 0.0942. The van der Waals surface area contributed by atoms with Gasteiger partial charge in [-0.1, -0.05) is 18.2 Å². The Hall–Kier alpha value is -2.95. The van der Waals surface area contributed by atoms with Crippen LogP contribution in [0.5, 0.6) is 0 Å². The first kappa shape index (κ1) is 16.4. The minimum absolute atomic E-state index is 0.219. The number of benzene rings is 2. The van der Waals surface area contributed by atoms with Crippen LogP contribution in [0.2, 0.25) is 0 Å². The molecule has 0 aliphatic rings. The molecule has 0 fully saturated rings. The van der Waals surface area contributed by atoms with Gasteiger partial charge in [0.25, 0.3) is 11.8 Å². The molecule has 0 aliphatic heterocycles. The zero-order chi connectivity index (χ0) is 16.7. The lowest BCUT2D eigenvalue weighted by Crippen LogP contribution is -2.24. The number of carbonyl (C=O) groups is 2. The van der Waals surface area contributed by atoms with E-state index in [1.165, 1.54) is 12.1 Å². The van der Waals surface area contributed by atoms with E-state index >= 15 is 0 Å². The first-order valence-corrected chi connectivity index (χ1v) is 7.12. The molecule has 0 atom stereocenters. The van der Waals surface area contributed by atoms with E-state index in [1.807, 2.05) is 0 Å². The maximum Gasteiger partial charge on any atom is 0.251 e. The average Bonchev–Trinajstić information content (AvgIpc) is 2.59. The average molecular weight is 312 g/mol. The summed E-state index contributed by atoms with van der Waals surface area (Å²) in [6.07, 6.45) is 1.59. The summed E-state index contributed by atoms with van der Waals surface area (Å²) in [4.78, 5) is 23.8. The maximum atomic E-state index is 12.8. The predicted molar refractivity (Wildman–Crippen MR) is 86.5 cm³/mol. The van der Waals surface area contributed by atoms with Crippen LogP contribution in [0.1, 0.15) is 26.3 Å². The second kappa shape index (κ2) is 7.89. The molecule has 0 bridgehead atoms. The summed E-state index contributed by atoms with van der Waals surface area (Å²) >= 11 is 0. The third-order valence-corrected chi connectivity index (χ3v) is 3.18. The minimum Gasteiger partial charge on any atom is -0.349 e. The van der Waals surface area contributed by atoms with Crippen LogP contribution in [-0.2, 0) is 6.54 Å². The van der Waals surface area contributed by atoms with Gasteiger partial charge in [-0.05, 0) is 42.0 Å². The molecule has 2 N–H and O–H groups in total. The highest BCUT2D eigenvalue weighted by Gasteiger charge is 2.08. The van der Waals surface area contributed by atoms with Gasteiger partial charge in [-0.3, -0.25) is 9.59 Å². The van der Waals surface area contributed by atoms with Crippen LogP contribution in [0, 0.1) is 5.82 Å². The van der Waals surface area contributed by atoms with Crippen LogP contribution < -0.4 is 10.6 Å². The number of hydrogen-bond donors (Lipinski definition) is 2. The minimum atomic E-state index is -0.314. The Bertz CT molecular complexity index is 694. The molecule has 0 spiro atoms. The molecule has 2 rings (SSSR count). The molecule has 0 heterocycles. The van der Waals surface area contributed by atoms with E-state index in [0.29, 0.717) is 24.2 Å². The van der Waals surface area contributed by atoms with Gasteiger partial charge in [0.05, 0.1) is 0 Å². The fraction of sp³-hybridized carbons (Fsp3) is 0.111. The summed E-state index contributed by atoms with van der Waals surface area (Å²) in [6, 6.07) is 12.3. The zero-order valence-electron chi connectivity index (χ0n) is 12.5. The van der Waals surface area contributed by atoms with Gasteiger partial charge in [0, 0.05) is 24.2 Å². The van der Waals surface area contributed by atoms with E-state index in [-0.39, 0.29) is 17.6 Å². The third kappa shape index (κ3) is 4.78. The Morgan fingerprint density at radius 3 is 1.96 bits per heavy atom. The molecule has 4 nitrogen and oxygen atoms in total. The molecule has 0 aliphatic carbocycles. The van der Waals surface area contributed by atoms with E-state index < -0.39 is 0 Å². The van der Waals surface area contributed by atoms with Gasteiger partial charge >= 0.3 is 0 Å². The van der Waals surface area contributed by atoms with Gasteiger partial charge in [-0.2, -0.15) is 0 Å². The van der Waals surface area contributed by atoms with Crippen molar-refractivity contribution in [3.63, 3.8) is 0 Å². The molecule has 23 heavy (non-hydrogen) atoms. The topological polar surface area (TPSA) is 58.2 Å². The van der Waals surface area contributed by atoms with Gasteiger partial charge in [-0.15, -0.1) is 6.58 Å². The van der Waals surface area contributed by atoms with Crippen molar-refractivity contribution < 1.29 is 14.0 Å². The summed E-state index contributed by atoms with van der Waals surface area (Å²) in [5.74, 6) is -0.791. The number of halogens is 1. The Labute approximate surface area is 134 Å². The zero-order valence-corrected chi connectivity index (χ0v) is 12.5. The van der Waals surface area contributed by atoms with Crippen molar-refractivity contribution in [2.75, 3.05) is 6.54 Å². The Morgan fingerprint density at radius 2 is 1.43 bits per heavy atom. The van der Waals surface area contributed by atoms with E-state index in [9.17, 15) is 14.0 Å². The molecule has 5 heteroatoms. The van der Waals surface area contributed by atoms with Crippen LogP contribution in [0.3, 0.4) is 0 Å². The van der Waals surface area contributed by atoms with Gasteiger partial charge in [0.1, 0.15) is 5.82 Å². The molecule has 0 saturated carbocycles. The van der Waals surface area contributed by atoms with Crippen LogP contribution in [0.15, 0.2) is 61.2 Å². The fourth-order valence-electron chi connectivity index (χ4n) is 1.93. The van der Waals surface area contributed by atoms with Crippen molar-refractivity contribution in [1.29, 1.82) is 0 Å². The molecule has 2 aromatic rings. The predicted octanol–water partition coefficient (Wildman–Crippen LogP) is 2.67. The van der Waals surface area contributed by atoms with Gasteiger partial charge in [-0.25, -0.2) is 4.39 Å².